The average Bonchev–Trinajstić information content (AvgIpc) is 2.69. The predicted octanol–water partition coefficient (Wildman–Crippen LogP) is 2.93. The highest BCUT2D eigenvalue weighted by Gasteiger charge is 2.26. The van der Waals surface area contributed by atoms with Gasteiger partial charge in [0.05, 0.1) is 23.3 Å². The number of hydrogen-bond acceptors (Lipinski definition) is 3. The number of carbonyl (C=O) groups is 1. The minimum Gasteiger partial charge on any atom is -0.337 e. The maximum absolute atomic E-state index is 12.8. The summed E-state index contributed by atoms with van der Waals surface area (Å²) in [5, 5.41) is 0.536. The molecule has 1 amide bonds. The standard InChI is InChI=1S/C21H21N3O2/c1-23(19-12-6-8-15-7-2-3-9-16(15)19)20(25)13-24-14-22-18-11-5-4-10-17(18)21(24)26/h2-5,7,9-11,14,19H,6,8,12-13H2,1H3/t19-/m1/s1. The topological polar surface area (TPSA) is 55.2 Å². The van der Waals surface area contributed by atoms with E-state index >= 15 is 0 Å². The van der Waals surface area contributed by atoms with E-state index in [9.17, 15) is 9.59 Å². The van der Waals surface area contributed by atoms with Crippen LogP contribution in [0.2, 0.25) is 0 Å². The molecule has 132 valence electrons. The van der Waals surface area contributed by atoms with Crippen molar-refractivity contribution in [3.05, 3.63) is 76.3 Å². The molecular weight excluding hydrogens is 326 g/mol. The molecule has 0 saturated carbocycles. The van der Waals surface area contributed by atoms with Gasteiger partial charge >= 0.3 is 0 Å². The van der Waals surface area contributed by atoms with Crippen molar-refractivity contribution in [2.45, 2.75) is 31.8 Å². The molecular formula is C21H21N3O2. The number of aryl methyl sites for hydroxylation is 1. The molecule has 3 aromatic rings. The number of benzene rings is 2. The summed E-state index contributed by atoms with van der Waals surface area (Å²) in [6, 6.07) is 15.6. The van der Waals surface area contributed by atoms with Crippen LogP contribution in [-0.2, 0) is 17.8 Å². The van der Waals surface area contributed by atoms with Gasteiger partial charge in [0.1, 0.15) is 6.54 Å². The van der Waals surface area contributed by atoms with E-state index < -0.39 is 0 Å². The first-order chi connectivity index (χ1) is 12.6. The number of nitrogens with zero attached hydrogens (tertiary/aromatic N) is 3. The van der Waals surface area contributed by atoms with E-state index in [-0.39, 0.29) is 24.1 Å². The van der Waals surface area contributed by atoms with Crippen LogP contribution < -0.4 is 5.56 Å². The van der Waals surface area contributed by atoms with Gasteiger partial charge < -0.3 is 4.90 Å². The molecule has 4 rings (SSSR count). The first-order valence-electron chi connectivity index (χ1n) is 8.93. The van der Waals surface area contributed by atoms with Crippen LogP contribution in [0.5, 0.6) is 0 Å². The van der Waals surface area contributed by atoms with Gasteiger partial charge in [-0.05, 0) is 42.5 Å². The van der Waals surface area contributed by atoms with Gasteiger partial charge in [0.15, 0.2) is 0 Å². The smallest absolute Gasteiger partial charge is 0.261 e. The third-order valence-electron chi connectivity index (χ3n) is 5.24. The Kier molecular flexibility index (Phi) is 4.29. The van der Waals surface area contributed by atoms with Crippen LogP contribution in [0.4, 0.5) is 0 Å². The fourth-order valence-corrected chi connectivity index (χ4v) is 3.78. The molecule has 26 heavy (non-hydrogen) atoms. The van der Waals surface area contributed by atoms with Crippen LogP contribution in [0.1, 0.15) is 30.0 Å². The number of rotatable bonds is 3. The molecule has 1 atom stereocenters. The van der Waals surface area contributed by atoms with Gasteiger partial charge in [-0.25, -0.2) is 4.98 Å². The highest BCUT2D eigenvalue weighted by molar-refractivity contribution is 5.79. The predicted molar refractivity (Wildman–Crippen MR) is 101 cm³/mol. The van der Waals surface area contributed by atoms with Crippen LogP contribution in [0.15, 0.2) is 59.7 Å². The van der Waals surface area contributed by atoms with Gasteiger partial charge in [0, 0.05) is 7.05 Å². The van der Waals surface area contributed by atoms with Gasteiger partial charge in [0.2, 0.25) is 5.91 Å². The van der Waals surface area contributed by atoms with Crippen LogP contribution in [0.25, 0.3) is 10.9 Å². The Labute approximate surface area is 151 Å². The molecule has 1 aromatic heterocycles. The Bertz CT molecular complexity index is 1020. The van der Waals surface area contributed by atoms with Crippen molar-refractivity contribution in [2.75, 3.05) is 7.05 Å². The van der Waals surface area contributed by atoms with Crippen molar-refractivity contribution >= 4 is 16.8 Å². The molecule has 0 unspecified atom stereocenters. The first kappa shape index (κ1) is 16.5. The molecule has 0 fully saturated rings. The minimum absolute atomic E-state index is 0.00579. The number of para-hydroxylation sites is 1. The Morgan fingerprint density at radius 1 is 1.19 bits per heavy atom. The number of amides is 1. The first-order valence-corrected chi connectivity index (χ1v) is 8.93. The zero-order chi connectivity index (χ0) is 18.1. The Morgan fingerprint density at radius 2 is 1.96 bits per heavy atom. The summed E-state index contributed by atoms with van der Waals surface area (Å²) in [7, 11) is 1.83. The largest absolute Gasteiger partial charge is 0.337 e. The SMILES string of the molecule is CN(C(=O)Cn1cnc2ccccc2c1=O)[C@@H]1CCCc2ccccc21. The number of carbonyl (C=O) groups excluding carboxylic acids is 1. The number of likely N-dealkylation sites (N-methyl/N-ethyl adjacent to an activating group) is 1. The highest BCUT2D eigenvalue weighted by Crippen LogP contribution is 2.33. The van der Waals surface area contributed by atoms with Gasteiger partial charge in [-0.1, -0.05) is 36.4 Å². The molecule has 1 heterocycles. The molecule has 5 heteroatoms. The van der Waals surface area contributed by atoms with E-state index in [1.54, 1.807) is 17.0 Å². The van der Waals surface area contributed by atoms with Crippen LogP contribution in [-0.4, -0.2) is 27.4 Å². The quantitative estimate of drug-likeness (QED) is 0.732. The summed E-state index contributed by atoms with van der Waals surface area (Å²) in [6.07, 6.45) is 4.54. The van der Waals surface area contributed by atoms with Crippen molar-refractivity contribution in [2.24, 2.45) is 0 Å². The summed E-state index contributed by atoms with van der Waals surface area (Å²) in [4.78, 5) is 31.5. The van der Waals surface area contributed by atoms with E-state index in [4.69, 9.17) is 0 Å². The Morgan fingerprint density at radius 3 is 2.85 bits per heavy atom. The summed E-state index contributed by atoms with van der Waals surface area (Å²) < 4.78 is 1.40. The Hall–Kier alpha value is -2.95. The lowest BCUT2D eigenvalue weighted by atomic mass is 9.87. The van der Waals surface area contributed by atoms with Gasteiger partial charge in [-0.15, -0.1) is 0 Å². The zero-order valence-electron chi connectivity index (χ0n) is 14.8. The summed E-state index contributed by atoms with van der Waals surface area (Å²) in [5.41, 5.74) is 3.00. The second kappa shape index (κ2) is 6.75. The summed E-state index contributed by atoms with van der Waals surface area (Å²) in [5.74, 6) is -0.0779. The van der Waals surface area contributed by atoms with Crippen LogP contribution in [0, 0.1) is 0 Å². The third-order valence-corrected chi connectivity index (χ3v) is 5.24. The lowest BCUT2D eigenvalue weighted by molar-refractivity contribution is -0.133. The van der Waals surface area contributed by atoms with Gasteiger partial charge in [0.25, 0.3) is 5.56 Å². The van der Waals surface area contributed by atoms with E-state index in [2.05, 4.69) is 17.1 Å². The lowest BCUT2D eigenvalue weighted by Gasteiger charge is -2.33. The normalized spacial score (nSPS) is 16.3. The second-order valence-corrected chi connectivity index (χ2v) is 6.81. The second-order valence-electron chi connectivity index (χ2n) is 6.81. The van der Waals surface area contributed by atoms with Crippen molar-refractivity contribution in [3.8, 4) is 0 Å². The average molecular weight is 347 g/mol. The molecule has 5 nitrogen and oxygen atoms in total. The number of aromatic nitrogens is 2. The molecule has 0 N–H and O–H groups in total. The molecule has 0 bridgehead atoms. The van der Waals surface area contributed by atoms with E-state index in [1.165, 1.54) is 22.0 Å². The van der Waals surface area contributed by atoms with Crippen molar-refractivity contribution < 1.29 is 4.79 Å². The molecule has 0 spiro atoms. The highest BCUT2D eigenvalue weighted by atomic mass is 16.2. The van der Waals surface area contributed by atoms with Crippen molar-refractivity contribution in [3.63, 3.8) is 0 Å². The van der Waals surface area contributed by atoms with Gasteiger partial charge in [-0.3, -0.25) is 14.2 Å². The molecule has 2 aromatic carbocycles. The monoisotopic (exact) mass is 347 g/mol. The van der Waals surface area contributed by atoms with E-state index in [0.29, 0.717) is 10.9 Å². The number of fused-ring (bicyclic) bond motifs is 2. The lowest BCUT2D eigenvalue weighted by Crippen LogP contribution is -2.37. The molecule has 0 radical (unpaired) electrons. The Balaban J connectivity index is 1.59. The molecule has 1 aliphatic carbocycles. The maximum Gasteiger partial charge on any atom is 0.261 e. The molecule has 0 saturated heterocycles. The van der Waals surface area contributed by atoms with Crippen LogP contribution >= 0.6 is 0 Å². The molecule has 1 aliphatic rings. The third kappa shape index (κ3) is 2.90. The van der Waals surface area contributed by atoms with E-state index in [1.807, 2.05) is 31.3 Å². The minimum atomic E-state index is -0.179. The van der Waals surface area contributed by atoms with Crippen LogP contribution in [0.3, 0.4) is 0 Å². The fourth-order valence-electron chi connectivity index (χ4n) is 3.78. The van der Waals surface area contributed by atoms with E-state index in [0.717, 1.165) is 19.3 Å². The fraction of sp³-hybridized carbons (Fsp3) is 0.286. The zero-order valence-corrected chi connectivity index (χ0v) is 14.8. The molecule has 0 aliphatic heterocycles. The van der Waals surface area contributed by atoms with Gasteiger partial charge in [-0.2, -0.15) is 0 Å². The summed E-state index contributed by atoms with van der Waals surface area (Å²) >= 11 is 0. The summed E-state index contributed by atoms with van der Waals surface area (Å²) in [6.45, 7) is 0.00579. The van der Waals surface area contributed by atoms with Crippen molar-refractivity contribution in [1.29, 1.82) is 0 Å². The number of hydrogen-bond donors (Lipinski definition) is 0. The maximum atomic E-state index is 12.8. The van der Waals surface area contributed by atoms with Crippen molar-refractivity contribution in [1.82, 2.24) is 14.5 Å².